The normalized spacial score (nSPS) is 17.3. The first-order valence-electron chi connectivity index (χ1n) is 10.8. The number of amides is 1. The van der Waals surface area contributed by atoms with Crippen molar-refractivity contribution in [2.45, 2.75) is 31.2 Å². The van der Waals surface area contributed by atoms with Gasteiger partial charge in [-0.1, -0.05) is 60.7 Å². The highest BCUT2D eigenvalue weighted by Gasteiger charge is 2.40. The number of hydrogen-bond acceptors (Lipinski definition) is 3. The van der Waals surface area contributed by atoms with Crippen LogP contribution in [0, 0.1) is 5.92 Å². The van der Waals surface area contributed by atoms with E-state index in [1.807, 2.05) is 13.1 Å². The van der Waals surface area contributed by atoms with Gasteiger partial charge in [0.1, 0.15) is 0 Å². The summed E-state index contributed by atoms with van der Waals surface area (Å²) in [6.45, 7) is 2.50. The minimum Gasteiger partial charge on any atom is -0.342 e. The summed E-state index contributed by atoms with van der Waals surface area (Å²) in [5.74, 6) is 0.345. The summed E-state index contributed by atoms with van der Waals surface area (Å²) in [5, 5.41) is 3.21. The molecule has 3 rings (SSSR count). The molecule has 1 aliphatic heterocycles. The standard InChI is InChI=1S/C25H35N3O/c1-26-17-14-22(20-21-10-6-4-7-11-21)24(29)28-18-15-25(16-19-28,27(2)3)23-12-8-5-9-13-23/h4-13,22,26H,14-20H2,1-3H3. The molecule has 1 heterocycles. The monoisotopic (exact) mass is 393 g/mol. The van der Waals surface area contributed by atoms with Crippen LogP contribution in [0.1, 0.15) is 30.4 Å². The Morgan fingerprint density at radius 2 is 1.62 bits per heavy atom. The van der Waals surface area contributed by atoms with Crippen molar-refractivity contribution in [2.75, 3.05) is 40.8 Å². The van der Waals surface area contributed by atoms with Gasteiger partial charge in [-0.05, 0) is 64.5 Å². The van der Waals surface area contributed by atoms with Crippen molar-refractivity contribution in [1.82, 2.24) is 15.1 Å². The maximum atomic E-state index is 13.4. The molecule has 29 heavy (non-hydrogen) atoms. The molecular formula is C25H35N3O. The summed E-state index contributed by atoms with van der Waals surface area (Å²) >= 11 is 0. The molecule has 0 bridgehead atoms. The van der Waals surface area contributed by atoms with Crippen LogP contribution in [0.5, 0.6) is 0 Å². The fourth-order valence-electron chi connectivity index (χ4n) is 4.63. The molecule has 4 heteroatoms. The van der Waals surface area contributed by atoms with Crippen LogP contribution < -0.4 is 5.32 Å². The summed E-state index contributed by atoms with van der Waals surface area (Å²) in [7, 11) is 6.28. The van der Waals surface area contributed by atoms with Gasteiger partial charge in [-0.25, -0.2) is 0 Å². The molecule has 1 N–H and O–H groups in total. The first-order chi connectivity index (χ1) is 14.1. The fourth-order valence-corrected chi connectivity index (χ4v) is 4.63. The highest BCUT2D eigenvalue weighted by Crippen LogP contribution is 2.37. The van der Waals surface area contributed by atoms with E-state index in [0.717, 1.165) is 45.3 Å². The van der Waals surface area contributed by atoms with Crippen LogP contribution in [0.15, 0.2) is 60.7 Å². The zero-order valence-corrected chi connectivity index (χ0v) is 18.1. The van der Waals surface area contributed by atoms with Gasteiger partial charge >= 0.3 is 0 Å². The lowest BCUT2D eigenvalue weighted by atomic mass is 9.79. The van der Waals surface area contributed by atoms with E-state index >= 15 is 0 Å². The third kappa shape index (κ3) is 5.06. The molecule has 0 radical (unpaired) electrons. The number of hydrogen-bond donors (Lipinski definition) is 1. The molecule has 1 aliphatic rings. The number of rotatable bonds is 8. The number of likely N-dealkylation sites (tertiary alicyclic amines) is 1. The zero-order valence-electron chi connectivity index (χ0n) is 18.1. The van der Waals surface area contributed by atoms with Crippen molar-refractivity contribution < 1.29 is 4.79 Å². The summed E-state index contributed by atoms with van der Waals surface area (Å²) in [6.07, 6.45) is 3.63. The van der Waals surface area contributed by atoms with Gasteiger partial charge in [0.05, 0.1) is 0 Å². The van der Waals surface area contributed by atoms with Gasteiger partial charge in [0.2, 0.25) is 5.91 Å². The van der Waals surface area contributed by atoms with E-state index in [2.05, 4.69) is 83.8 Å². The summed E-state index contributed by atoms with van der Waals surface area (Å²) < 4.78 is 0. The Labute approximate surface area is 175 Å². The fraction of sp³-hybridized carbons (Fsp3) is 0.480. The van der Waals surface area contributed by atoms with Crippen LogP contribution in [-0.2, 0) is 16.8 Å². The van der Waals surface area contributed by atoms with Crippen LogP contribution in [-0.4, -0.2) is 56.5 Å². The van der Waals surface area contributed by atoms with Gasteiger partial charge in [0.25, 0.3) is 0 Å². The number of nitrogens with one attached hydrogen (secondary N) is 1. The second-order valence-corrected chi connectivity index (χ2v) is 8.40. The highest BCUT2D eigenvalue weighted by molar-refractivity contribution is 5.79. The molecule has 0 saturated carbocycles. The molecule has 1 atom stereocenters. The quantitative estimate of drug-likeness (QED) is 0.745. The van der Waals surface area contributed by atoms with E-state index in [1.54, 1.807) is 0 Å². The lowest BCUT2D eigenvalue weighted by Crippen LogP contribution is -2.53. The Morgan fingerprint density at radius 1 is 1.03 bits per heavy atom. The van der Waals surface area contributed by atoms with E-state index in [1.165, 1.54) is 11.1 Å². The van der Waals surface area contributed by atoms with E-state index in [9.17, 15) is 4.79 Å². The largest absolute Gasteiger partial charge is 0.342 e. The van der Waals surface area contributed by atoms with Crippen LogP contribution in [0.2, 0.25) is 0 Å². The van der Waals surface area contributed by atoms with Gasteiger partial charge < -0.3 is 10.2 Å². The lowest BCUT2D eigenvalue weighted by molar-refractivity contribution is -0.138. The molecule has 1 fully saturated rings. The number of carbonyl (C=O) groups excluding carboxylic acids is 1. The number of benzene rings is 2. The summed E-state index contributed by atoms with van der Waals surface area (Å²) in [5.41, 5.74) is 2.61. The van der Waals surface area contributed by atoms with Crippen LogP contribution in [0.4, 0.5) is 0 Å². The first kappa shape index (κ1) is 21.5. The Balaban J connectivity index is 1.70. The van der Waals surface area contributed by atoms with Gasteiger partial charge in [-0.2, -0.15) is 0 Å². The van der Waals surface area contributed by atoms with E-state index in [4.69, 9.17) is 0 Å². The Kier molecular flexibility index (Phi) is 7.45. The third-order valence-electron chi connectivity index (χ3n) is 6.49. The molecule has 1 amide bonds. The average molecular weight is 394 g/mol. The number of nitrogens with zero attached hydrogens (tertiary/aromatic N) is 2. The van der Waals surface area contributed by atoms with Gasteiger partial charge in [0, 0.05) is 24.5 Å². The van der Waals surface area contributed by atoms with Crippen molar-refractivity contribution in [3.63, 3.8) is 0 Å². The third-order valence-corrected chi connectivity index (χ3v) is 6.49. The van der Waals surface area contributed by atoms with Crippen molar-refractivity contribution in [3.8, 4) is 0 Å². The smallest absolute Gasteiger partial charge is 0.226 e. The van der Waals surface area contributed by atoms with E-state index in [-0.39, 0.29) is 11.5 Å². The van der Waals surface area contributed by atoms with Crippen LogP contribution in [0.25, 0.3) is 0 Å². The predicted octanol–water partition coefficient (Wildman–Crippen LogP) is 3.53. The molecular weight excluding hydrogens is 358 g/mol. The number of piperidine rings is 1. The zero-order chi connectivity index (χ0) is 20.7. The molecule has 0 aromatic heterocycles. The SMILES string of the molecule is CNCCC(Cc1ccccc1)C(=O)N1CCC(c2ccccc2)(N(C)C)CC1. The van der Waals surface area contributed by atoms with Crippen molar-refractivity contribution in [3.05, 3.63) is 71.8 Å². The Bertz CT molecular complexity index is 752. The van der Waals surface area contributed by atoms with Crippen LogP contribution >= 0.6 is 0 Å². The Morgan fingerprint density at radius 3 is 2.17 bits per heavy atom. The molecule has 0 aliphatic carbocycles. The van der Waals surface area contributed by atoms with Crippen LogP contribution in [0.3, 0.4) is 0 Å². The van der Waals surface area contributed by atoms with Crippen molar-refractivity contribution >= 4 is 5.91 Å². The average Bonchev–Trinajstić information content (AvgIpc) is 2.77. The van der Waals surface area contributed by atoms with E-state index in [0.29, 0.717) is 5.91 Å². The topological polar surface area (TPSA) is 35.6 Å². The first-order valence-corrected chi connectivity index (χ1v) is 10.8. The molecule has 2 aromatic carbocycles. The number of carbonyl (C=O) groups is 1. The predicted molar refractivity (Wildman–Crippen MR) is 120 cm³/mol. The maximum Gasteiger partial charge on any atom is 0.226 e. The highest BCUT2D eigenvalue weighted by atomic mass is 16.2. The molecule has 1 saturated heterocycles. The maximum absolute atomic E-state index is 13.4. The van der Waals surface area contributed by atoms with E-state index < -0.39 is 0 Å². The van der Waals surface area contributed by atoms with Crippen molar-refractivity contribution in [1.29, 1.82) is 0 Å². The minimum absolute atomic E-state index is 0.0118. The minimum atomic E-state index is 0.0118. The summed E-state index contributed by atoms with van der Waals surface area (Å²) in [4.78, 5) is 17.9. The molecule has 156 valence electrons. The molecule has 4 nitrogen and oxygen atoms in total. The van der Waals surface area contributed by atoms with Gasteiger partial charge in [-0.3, -0.25) is 9.69 Å². The lowest BCUT2D eigenvalue weighted by Gasteiger charge is -2.47. The molecule has 0 spiro atoms. The van der Waals surface area contributed by atoms with Crippen molar-refractivity contribution in [2.24, 2.45) is 5.92 Å². The van der Waals surface area contributed by atoms with Gasteiger partial charge in [0.15, 0.2) is 0 Å². The van der Waals surface area contributed by atoms with Gasteiger partial charge in [-0.15, -0.1) is 0 Å². The second kappa shape index (κ2) is 10.0. The molecule has 2 aromatic rings. The Hall–Kier alpha value is -2.17. The second-order valence-electron chi connectivity index (χ2n) is 8.40. The summed E-state index contributed by atoms with van der Waals surface area (Å²) in [6, 6.07) is 21.2. The molecule has 1 unspecified atom stereocenters.